The lowest BCUT2D eigenvalue weighted by molar-refractivity contribution is 0.0631. The quantitative estimate of drug-likeness (QED) is 0.795. The maximum absolute atomic E-state index is 12.6. The van der Waals surface area contributed by atoms with Crippen molar-refractivity contribution in [2.24, 2.45) is 0 Å². The first-order valence-electron chi connectivity index (χ1n) is 7.55. The Labute approximate surface area is 140 Å². The number of hydrogen-bond donors (Lipinski definition) is 0. The van der Waals surface area contributed by atoms with Crippen LogP contribution in [-0.4, -0.2) is 47.9 Å². The zero-order chi connectivity index (χ0) is 15.4. The molecule has 1 amide bonds. The maximum Gasteiger partial charge on any atom is 0.255 e. The second-order valence-electron chi connectivity index (χ2n) is 5.37. The molecule has 0 aliphatic carbocycles. The summed E-state index contributed by atoms with van der Waals surface area (Å²) in [6.07, 6.45) is 2.08. The van der Waals surface area contributed by atoms with Gasteiger partial charge in [-0.15, -0.1) is 0 Å². The first kappa shape index (κ1) is 16.8. The topological polar surface area (TPSA) is 23.6 Å². The molecular weight excluding hydrogens is 352 g/mol. The Morgan fingerprint density at radius 2 is 1.95 bits per heavy atom. The van der Waals surface area contributed by atoms with E-state index in [-0.39, 0.29) is 5.91 Å². The molecule has 1 heterocycles. The van der Waals surface area contributed by atoms with E-state index in [4.69, 9.17) is 11.6 Å². The molecule has 0 saturated carbocycles. The first-order chi connectivity index (χ1) is 10.1. The molecule has 1 aromatic carbocycles. The van der Waals surface area contributed by atoms with Crippen LogP contribution in [0.1, 0.15) is 37.0 Å². The smallest absolute Gasteiger partial charge is 0.255 e. The van der Waals surface area contributed by atoms with Crippen molar-refractivity contribution in [1.82, 2.24) is 9.80 Å². The van der Waals surface area contributed by atoms with Gasteiger partial charge in [0, 0.05) is 23.6 Å². The molecule has 3 nitrogen and oxygen atoms in total. The highest BCUT2D eigenvalue weighted by molar-refractivity contribution is 9.10. The Hall–Kier alpha value is -0.580. The number of halogens is 2. The summed E-state index contributed by atoms with van der Waals surface area (Å²) >= 11 is 9.56. The van der Waals surface area contributed by atoms with Crippen molar-refractivity contribution in [3.05, 3.63) is 33.3 Å². The second kappa shape index (κ2) is 7.61. The summed E-state index contributed by atoms with van der Waals surface area (Å²) in [5, 5.41) is 0.522. The zero-order valence-electron chi connectivity index (χ0n) is 12.6. The van der Waals surface area contributed by atoms with E-state index in [0.29, 0.717) is 16.6 Å². The fourth-order valence-corrected chi connectivity index (χ4v) is 3.57. The monoisotopic (exact) mass is 372 g/mol. The van der Waals surface area contributed by atoms with E-state index in [1.807, 2.05) is 11.0 Å². The highest BCUT2D eigenvalue weighted by atomic mass is 79.9. The van der Waals surface area contributed by atoms with E-state index >= 15 is 0 Å². The number of piperidine rings is 1. The molecule has 1 aliphatic rings. The normalized spacial score (nSPS) is 16.5. The van der Waals surface area contributed by atoms with Crippen LogP contribution in [-0.2, 0) is 0 Å². The third-order valence-corrected chi connectivity index (χ3v) is 5.06. The van der Waals surface area contributed by atoms with Crippen LogP contribution in [0.25, 0.3) is 0 Å². The predicted molar refractivity (Wildman–Crippen MR) is 91.0 cm³/mol. The fraction of sp³-hybridized carbons (Fsp3) is 0.562. The summed E-state index contributed by atoms with van der Waals surface area (Å²) in [7, 11) is 0. The molecule has 1 fully saturated rings. The lowest BCUT2D eigenvalue weighted by atomic mass is 10.0. The third kappa shape index (κ3) is 3.99. The Morgan fingerprint density at radius 3 is 2.52 bits per heavy atom. The Morgan fingerprint density at radius 1 is 1.33 bits per heavy atom. The molecule has 2 rings (SSSR count). The minimum Gasteiger partial charge on any atom is -0.338 e. The molecule has 0 atom stereocenters. The van der Waals surface area contributed by atoms with Gasteiger partial charge in [-0.1, -0.05) is 41.4 Å². The number of carbonyl (C=O) groups is 1. The highest BCUT2D eigenvalue weighted by Gasteiger charge is 2.27. The van der Waals surface area contributed by atoms with Gasteiger partial charge in [0.25, 0.3) is 5.91 Å². The van der Waals surface area contributed by atoms with E-state index in [2.05, 4.69) is 34.7 Å². The van der Waals surface area contributed by atoms with Crippen molar-refractivity contribution < 1.29 is 4.79 Å². The summed E-state index contributed by atoms with van der Waals surface area (Å²) in [5.41, 5.74) is 0.590. The zero-order valence-corrected chi connectivity index (χ0v) is 15.0. The molecule has 1 aliphatic heterocycles. The van der Waals surface area contributed by atoms with E-state index in [1.54, 1.807) is 12.1 Å². The minimum atomic E-state index is 0.0410. The van der Waals surface area contributed by atoms with Crippen LogP contribution in [0.5, 0.6) is 0 Å². The summed E-state index contributed by atoms with van der Waals surface area (Å²) in [5.74, 6) is 0.0410. The molecule has 5 heteroatoms. The van der Waals surface area contributed by atoms with E-state index in [9.17, 15) is 4.79 Å². The van der Waals surface area contributed by atoms with Gasteiger partial charge in [-0.2, -0.15) is 0 Å². The van der Waals surface area contributed by atoms with Crippen molar-refractivity contribution in [3.8, 4) is 0 Å². The number of benzene rings is 1. The molecule has 0 radical (unpaired) electrons. The van der Waals surface area contributed by atoms with E-state index < -0.39 is 0 Å². The van der Waals surface area contributed by atoms with Crippen LogP contribution < -0.4 is 0 Å². The summed E-state index contributed by atoms with van der Waals surface area (Å²) in [6, 6.07) is 6.02. The third-order valence-electron chi connectivity index (χ3n) is 4.24. The van der Waals surface area contributed by atoms with E-state index in [0.717, 1.165) is 43.5 Å². The van der Waals surface area contributed by atoms with Crippen molar-refractivity contribution in [2.45, 2.75) is 32.7 Å². The highest BCUT2D eigenvalue weighted by Crippen LogP contribution is 2.24. The van der Waals surface area contributed by atoms with Gasteiger partial charge in [0.1, 0.15) is 0 Å². The molecular formula is C16H22BrClN2O. The van der Waals surface area contributed by atoms with Crippen molar-refractivity contribution >= 4 is 33.4 Å². The van der Waals surface area contributed by atoms with E-state index in [1.165, 1.54) is 0 Å². The molecule has 0 unspecified atom stereocenters. The van der Waals surface area contributed by atoms with Gasteiger partial charge in [-0.05, 0) is 44.1 Å². The second-order valence-corrected chi connectivity index (χ2v) is 6.69. The largest absolute Gasteiger partial charge is 0.338 e. The van der Waals surface area contributed by atoms with Gasteiger partial charge in [-0.25, -0.2) is 0 Å². The van der Waals surface area contributed by atoms with Crippen LogP contribution >= 0.6 is 27.5 Å². The summed E-state index contributed by atoms with van der Waals surface area (Å²) in [4.78, 5) is 17.0. The van der Waals surface area contributed by atoms with Gasteiger partial charge >= 0.3 is 0 Å². The lowest BCUT2D eigenvalue weighted by Crippen LogP contribution is -2.46. The molecule has 116 valence electrons. The van der Waals surface area contributed by atoms with Crippen LogP contribution in [0.3, 0.4) is 0 Å². The van der Waals surface area contributed by atoms with Crippen LogP contribution in [0, 0.1) is 0 Å². The van der Waals surface area contributed by atoms with Gasteiger partial charge in [-0.3, -0.25) is 4.79 Å². The number of hydrogen-bond acceptors (Lipinski definition) is 2. The average molecular weight is 374 g/mol. The number of likely N-dealkylation sites (tertiary alicyclic amines) is 1. The minimum absolute atomic E-state index is 0.0410. The molecule has 0 N–H and O–H groups in total. The number of nitrogens with zero attached hydrogens (tertiary/aromatic N) is 2. The average Bonchev–Trinajstić information content (AvgIpc) is 2.51. The molecule has 0 spiro atoms. The lowest BCUT2D eigenvalue weighted by Gasteiger charge is -2.37. The standard InChI is InChI=1S/C16H22BrClN2O/c1-3-19(4-2)13-7-9-20(10-8-13)16(21)14-11-12(17)5-6-15(14)18/h5-6,11,13H,3-4,7-10H2,1-2H3. The molecule has 0 aromatic heterocycles. The van der Waals surface area contributed by atoms with Crippen molar-refractivity contribution in [2.75, 3.05) is 26.2 Å². The fourth-order valence-electron chi connectivity index (χ4n) is 3.01. The van der Waals surface area contributed by atoms with Crippen LogP contribution in [0.15, 0.2) is 22.7 Å². The van der Waals surface area contributed by atoms with Gasteiger partial charge in [0.05, 0.1) is 10.6 Å². The van der Waals surface area contributed by atoms with Crippen molar-refractivity contribution in [3.63, 3.8) is 0 Å². The van der Waals surface area contributed by atoms with Gasteiger partial charge in [0.15, 0.2) is 0 Å². The number of amides is 1. The Balaban J connectivity index is 2.02. The molecule has 1 aromatic rings. The molecule has 0 bridgehead atoms. The van der Waals surface area contributed by atoms with Crippen LogP contribution in [0.4, 0.5) is 0 Å². The first-order valence-corrected chi connectivity index (χ1v) is 8.72. The molecule has 21 heavy (non-hydrogen) atoms. The molecule has 1 saturated heterocycles. The SMILES string of the molecule is CCN(CC)C1CCN(C(=O)c2cc(Br)ccc2Cl)CC1. The Bertz CT molecular complexity index is 497. The summed E-state index contributed by atoms with van der Waals surface area (Å²) in [6.45, 7) is 8.16. The maximum atomic E-state index is 12.6. The Kier molecular flexibility index (Phi) is 6.08. The van der Waals surface area contributed by atoms with Crippen LogP contribution in [0.2, 0.25) is 5.02 Å². The van der Waals surface area contributed by atoms with Crippen molar-refractivity contribution in [1.29, 1.82) is 0 Å². The summed E-state index contributed by atoms with van der Waals surface area (Å²) < 4.78 is 0.883. The van der Waals surface area contributed by atoms with Gasteiger partial charge in [0.2, 0.25) is 0 Å². The predicted octanol–water partition coefficient (Wildman–Crippen LogP) is 4.05. The van der Waals surface area contributed by atoms with Gasteiger partial charge < -0.3 is 9.80 Å². The number of carbonyl (C=O) groups excluding carboxylic acids is 1. The number of rotatable bonds is 4.